The molecule has 0 spiro atoms. The number of rotatable bonds is 3. The zero-order valence-corrected chi connectivity index (χ0v) is 19.0. The first-order valence-electron chi connectivity index (χ1n) is 10.7. The predicted molar refractivity (Wildman–Crippen MR) is 131 cm³/mol. The average Bonchev–Trinajstić information content (AvgIpc) is 3.32. The molecule has 1 amide bonds. The predicted octanol–water partition coefficient (Wildman–Crippen LogP) is 4.06. The van der Waals surface area contributed by atoms with Crippen molar-refractivity contribution >= 4 is 33.3 Å². The van der Waals surface area contributed by atoms with Crippen LogP contribution >= 0.6 is 11.5 Å². The quantitative estimate of drug-likeness (QED) is 0.437. The van der Waals surface area contributed by atoms with Gasteiger partial charge in [-0.15, -0.1) is 0 Å². The molecule has 4 aromatic rings. The highest BCUT2D eigenvalue weighted by molar-refractivity contribution is 7.13. The minimum absolute atomic E-state index is 0.00123. The number of fused-ring (bicyclic) bond motifs is 1. The van der Waals surface area contributed by atoms with Crippen LogP contribution in [0.4, 0.5) is 5.82 Å². The molecule has 1 saturated heterocycles. The maximum Gasteiger partial charge on any atom is 0.254 e. The molecule has 0 aliphatic carbocycles. The molecule has 164 valence electrons. The van der Waals surface area contributed by atoms with Crippen molar-refractivity contribution < 1.29 is 9.53 Å². The van der Waals surface area contributed by atoms with E-state index >= 15 is 0 Å². The molecule has 2 aromatic carbocycles. The van der Waals surface area contributed by atoms with Gasteiger partial charge in [-0.3, -0.25) is 4.79 Å². The van der Waals surface area contributed by atoms with Crippen LogP contribution in [0.25, 0.3) is 10.1 Å². The van der Waals surface area contributed by atoms with Gasteiger partial charge in [0.15, 0.2) is 0 Å². The fourth-order valence-corrected chi connectivity index (χ4v) is 4.71. The summed E-state index contributed by atoms with van der Waals surface area (Å²) in [4.78, 5) is 21.6. The van der Waals surface area contributed by atoms with Gasteiger partial charge in [-0.2, -0.15) is 4.37 Å². The molecule has 1 aliphatic rings. The third-order valence-electron chi connectivity index (χ3n) is 5.66. The molecule has 0 N–H and O–H groups in total. The lowest BCUT2D eigenvalue weighted by molar-refractivity contribution is 0.0746. The highest BCUT2D eigenvalue weighted by Crippen LogP contribution is 2.30. The molecular formula is C26H22N4O2S. The molecule has 2 aromatic heterocycles. The van der Waals surface area contributed by atoms with Gasteiger partial charge >= 0.3 is 0 Å². The summed E-state index contributed by atoms with van der Waals surface area (Å²) >= 11 is 1.52. The number of methoxy groups -OCH3 is 1. The average molecular weight is 455 g/mol. The van der Waals surface area contributed by atoms with Gasteiger partial charge in [-0.1, -0.05) is 24.1 Å². The highest BCUT2D eigenvalue weighted by Gasteiger charge is 2.25. The maximum absolute atomic E-state index is 13.2. The Bertz CT molecular complexity index is 1350. The minimum atomic E-state index is 0.00123. The van der Waals surface area contributed by atoms with E-state index in [-0.39, 0.29) is 5.91 Å². The highest BCUT2D eigenvalue weighted by atomic mass is 32.1. The monoisotopic (exact) mass is 454 g/mol. The first-order valence-corrected chi connectivity index (χ1v) is 11.5. The fourth-order valence-electron chi connectivity index (χ4n) is 3.91. The van der Waals surface area contributed by atoms with E-state index in [2.05, 4.69) is 38.2 Å². The van der Waals surface area contributed by atoms with E-state index in [1.807, 2.05) is 35.2 Å². The van der Waals surface area contributed by atoms with Crippen molar-refractivity contribution in [1.82, 2.24) is 14.3 Å². The summed E-state index contributed by atoms with van der Waals surface area (Å²) in [6.07, 6.45) is 1.70. The number of nitrogens with zero attached hydrogens (tertiary/aromatic N) is 4. The molecule has 0 unspecified atom stereocenters. The van der Waals surface area contributed by atoms with Gasteiger partial charge in [0.25, 0.3) is 5.91 Å². The number of amides is 1. The lowest BCUT2D eigenvalue weighted by Gasteiger charge is -2.35. The van der Waals surface area contributed by atoms with E-state index in [1.165, 1.54) is 21.6 Å². The molecule has 1 fully saturated rings. The van der Waals surface area contributed by atoms with Crippen molar-refractivity contribution in [1.29, 1.82) is 0 Å². The summed E-state index contributed by atoms with van der Waals surface area (Å²) in [6.45, 7) is 2.79. The van der Waals surface area contributed by atoms with Crippen LogP contribution in [0.15, 0.2) is 66.9 Å². The molecule has 5 rings (SSSR count). The second kappa shape index (κ2) is 9.31. The van der Waals surface area contributed by atoms with Gasteiger partial charge in [0, 0.05) is 43.3 Å². The number of ether oxygens (including phenoxy) is 1. The summed E-state index contributed by atoms with van der Waals surface area (Å²) in [5.74, 6) is 7.79. The molecule has 0 saturated carbocycles. The number of benzene rings is 2. The number of anilines is 1. The van der Waals surface area contributed by atoms with Crippen molar-refractivity contribution in [3.63, 3.8) is 0 Å². The van der Waals surface area contributed by atoms with Gasteiger partial charge in [0.05, 0.1) is 17.4 Å². The smallest absolute Gasteiger partial charge is 0.254 e. The Labute approximate surface area is 196 Å². The zero-order chi connectivity index (χ0) is 22.6. The Hall–Kier alpha value is -3.89. The Morgan fingerprint density at radius 1 is 1.00 bits per heavy atom. The summed E-state index contributed by atoms with van der Waals surface area (Å²) in [6, 6.07) is 19.3. The minimum Gasteiger partial charge on any atom is -0.495 e. The number of carbonyl (C=O) groups excluding carboxylic acids is 1. The second-order valence-corrected chi connectivity index (χ2v) is 8.47. The van der Waals surface area contributed by atoms with Crippen LogP contribution in [0.2, 0.25) is 0 Å². The standard InChI is InChI=1S/C26H22N4O2S/c1-32-23-12-10-20(18-19(23)9-11-21-6-4-5-13-27-21)26(31)30-16-14-29(15-17-30)25-22-7-2-3-8-24(22)33-28-25/h2-8,10,12-13,18H,14-17H2,1H3. The van der Waals surface area contributed by atoms with Crippen molar-refractivity contribution in [2.75, 3.05) is 38.2 Å². The second-order valence-electron chi connectivity index (χ2n) is 7.66. The van der Waals surface area contributed by atoms with Gasteiger partial charge in [-0.05, 0) is 59.9 Å². The van der Waals surface area contributed by atoms with Crippen molar-refractivity contribution in [2.45, 2.75) is 0 Å². The number of hydrogen-bond acceptors (Lipinski definition) is 6. The van der Waals surface area contributed by atoms with Gasteiger partial charge in [0.2, 0.25) is 0 Å². The van der Waals surface area contributed by atoms with Crippen LogP contribution in [0.3, 0.4) is 0 Å². The molecule has 0 radical (unpaired) electrons. The fraction of sp³-hybridized carbons (Fsp3) is 0.192. The van der Waals surface area contributed by atoms with E-state index in [0.717, 1.165) is 18.9 Å². The van der Waals surface area contributed by atoms with Crippen LogP contribution in [0.1, 0.15) is 21.6 Å². The van der Waals surface area contributed by atoms with E-state index in [0.29, 0.717) is 35.7 Å². The number of hydrogen-bond donors (Lipinski definition) is 0. The summed E-state index contributed by atoms with van der Waals surface area (Å²) in [7, 11) is 1.60. The summed E-state index contributed by atoms with van der Waals surface area (Å²) < 4.78 is 11.3. The first-order chi connectivity index (χ1) is 16.2. The normalized spacial score (nSPS) is 13.5. The Morgan fingerprint density at radius 2 is 1.82 bits per heavy atom. The Morgan fingerprint density at radius 3 is 2.61 bits per heavy atom. The lowest BCUT2D eigenvalue weighted by Crippen LogP contribution is -2.49. The van der Waals surface area contributed by atoms with Gasteiger partial charge < -0.3 is 14.5 Å². The van der Waals surface area contributed by atoms with Crippen LogP contribution in [-0.4, -0.2) is 53.5 Å². The van der Waals surface area contributed by atoms with Gasteiger partial charge in [0.1, 0.15) is 17.3 Å². The molecule has 3 heterocycles. The number of piperazine rings is 1. The van der Waals surface area contributed by atoms with E-state index < -0.39 is 0 Å². The molecule has 0 bridgehead atoms. The molecule has 0 atom stereocenters. The Kier molecular flexibility index (Phi) is 5.92. The zero-order valence-electron chi connectivity index (χ0n) is 18.2. The molecule has 1 aliphatic heterocycles. The molecule has 6 nitrogen and oxygen atoms in total. The van der Waals surface area contributed by atoms with Gasteiger partial charge in [-0.25, -0.2) is 4.98 Å². The van der Waals surface area contributed by atoms with Crippen molar-refractivity contribution in [3.8, 4) is 17.6 Å². The number of aromatic nitrogens is 2. The van der Waals surface area contributed by atoms with E-state index in [1.54, 1.807) is 31.5 Å². The third kappa shape index (κ3) is 4.38. The maximum atomic E-state index is 13.2. The van der Waals surface area contributed by atoms with E-state index in [4.69, 9.17) is 4.74 Å². The largest absolute Gasteiger partial charge is 0.495 e. The van der Waals surface area contributed by atoms with Crippen molar-refractivity contribution in [2.24, 2.45) is 0 Å². The summed E-state index contributed by atoms with van der Waals surface area (Å²) in [5.41, 5.74) is 1.94. The lowest BCUT2D eigenvalue weighted by atomic mass is 10.1. The van der Waals surface area contributed by atoms with Crippen LogP contribution < -0.4 is 9.64 Å². The third-order valence-corrected chi connectivity index (χ3v) is 6.48. The molecular weight excluding hydrogens is 432 g/mol. The van der Waals surface area contributed by atoms with Crippen LogP contribution in [-0.2, 0) is 0 Å². The summed E-state index contributed by atoms with van der Waals surface area (Å²) in [5, 5.41) is 1.17. The molecule has 7 heteroatoms. The number of pyridine rings is 1. The van der Waals surface area contributed by atoms with Crippen molar-refractivity contribution in [3.05, 3.63) is 83.7 Å². The topological polar surface area (TPSA) is 58.6 Å². The first kappa shape index (κ1) is 21.0. The van der Waals surface area contributed by atoms with E-state index in [9.17, 15) is 4.79 Å². The SMILES string of the molecule is COc1ccc(C(=O)N2CCN(c3nsc4ccccc34)CC2)cc1C#Cc1ccccn1. The van der Waals surface area contributed by atoms with Crippen LogP contribution in [0.5, 0.6) is 5.75 Å². The van der Waals surface area contributed by atoms with Crippen LogP contribution in [0, 0.1) is 11.8 Å². The Balaban J connectivity index is 1.31. The number of carbonyl (C=O) groups is 1. The molecule has 33 heavy (non-hydrogen) atoms.